The van der Waals surface area contributed by atoms with Crippen LogP contribution in [0, 0.1) is 6.92 Å². The van der Waals surface area contributed by atoms with Gasteiger partial charge in [0.25, 0.3) is 0 Å². The Morgan fingerprint density at radius 3 is 2.62 bits per heavy atom. The van der Waals surface area contributed by atoms with Crippen molar-refractivity contribution in [3.63, 3.8) is 0 Å². The fourth-order valence-electron chi connectivity index (χ4n) is 2.89. The predicted octanol–water partition coefficient (Wildman–Crippen LogP) is 3.88. The predicted molar refractivity (Wildman–Crippen MR) is 111 cm³/mol. The van der Waals surface area contributed by atoms with E-state index in [-0.39, 0.29) is 24.2 Å². The highest BCUT2D eigenvalue weighted by atomic mass is 35.5. The Morgan fingerprint density at radius 2 is 2.00 bits per heavy atom. The largest absolute Gasteiger partial charge is 0.469 e. The maximum atomic E-state index is 12.1. The summed E-state index contributed by atoms with van der Waals surface area (Å²) in [6, 6.07) is 5.48. The van der Waals surface area contributed by atoms with Gasteiger partial charge >= 0.3 is 5.97 Å². The molecule has 1 amide bonds. The smallest absolute Gasteiger partial charge is 0.306 e. The average molecular weight is 418 g/mol. The van der Waals surface area contributed by atoms with Crippen molar-refractivity contribution in [3.05, 3.63) is 34.5 Å². The number of ether oxygens (including phenoxy) is 1. The summed E-state index contributed by atoms with van der Waals surface area (Å²) in [7, 11) is 1.29. The van der Waals surface area contributed by atoms with Gasteiger partial charge in [0, 0.05) is 23.1 Å². The molecule has 2 aromatic heterocycles. The number of nitrogens with zero attached hydrogens (tertiary/aromatic N) is 3. The molecule has 9 heteroatoms. The first kappa shape index (κ1) is 20.9. The summed E-state index contributed by atoms with van der Waals surface area (Å²) in [6.45, 7) is 8.11. The second-order valence-electron chi connectivity index (χ2n) is 7.88. The molecule has 2 heterocycles. The Morgan fingerprint density at radius 1 is 1.28 bits per heavy atom. The number of hydrogen-bond acceptors (Lipinski definition) is 5. The molecule has 154 valence electrons. The van der Waals surface area contributed by atoms with Crippen molar-refractivity contribution in [2.75, 3.05) is 12.4 Å². The van der Waals surface area contributed by atoms with E-state index in [1.165, 1.54) is 7.11 Å². The number of carbonyl (C=O) groups excluding carboxylic acids is 2. The highest BCUT2D eigenvalue weighted by molar-refractivity contribution is 6.34. The van der Waals surface area contributed by atoms with Crippen molar-refractivity contribution in [2.24, 2.45) is 0 Å². The van der Waals surface area contributed by atoms with Crippen molar-refractivity contribution < 1.29 is 14.3 Å². The summed E-state index contributed by atoms with van der Waals surface area (Å²) in [5.41, 5.74) is 3.59. The third-order valence-electron chi connectivity index (χ3n) is 4.54. The van der Waals surface area contributed by atoms with E-state index in [1.54, 1.807) is 16.8 Å². The first-order chi connectivity index (χ1) is 13.6. The van der Waals surface area contributed by atoms with Gasteiger partial charge in [-0.3, -0.25) is 14.7 Å². The number of rotatable bonds is 5. The molecule has 1 aromatic carbocycles. The van der Waals surface area contributed by atoms with Crippen LogP contribution in [0.4, 0.5) is 5.69 Å². The van der Waals surface area contributed by atoms with Gasteiger partial charge in [0.15, 0.2) is 11.5 Å². The topological polar surface area (TPSA) is 101 Å². The van der Waals surface area contributed by atoms with E-state index in [0.29, 0.717) is 22.2 Å². The molecule has 0 fully saturated rings. The molecule has 0 unspecified atom stereocenters. The second kappa shape index (κ2) is 7.87. The van der Waals surface area contributed by atoms with Crippen LogP contribution in [0.25, 0.3) is 17.0 Å². The van der Waals surface area contributed by atoms with E-state index in [9.17, 15) is 9.59 Å². The molecule has 0 saturated heterocycles. The number of H-pyrrole nitrogens is 1. The molecular formula is C20H24ClN5O3. The molecule has 0 aliphatic carbocycles. The van der Waals surface area contributed by atoms with E-state index < -0.39 is 5.97 Å². The van der Waals surface area contributed by atoms with E-state index >= 15 is 0 Å². The summed E-state index contributed by atoms with van der Waals surface area (Å²) >= 11 is 6.51. The van der Waals surface area contributed by atoms with Crippen molar-refractivity contribution >= 4 is 34.8 Å². The highest BCUT2D eigenvalue weighted by Crippen LogP contribution is 2.32. The lowest BCUT2D eigenvalue weighted by Gasteiger charge is -2.16. The molecule has 3 aromatic rings. The zero-order chi connectivity index (χ0) is 21.3. The number of hydrogen-bond donors (Lipinski definition) is 2. The van der Waals surface area contributed by atoms with Crippen LogP contribution in [0.15, 0.2) is 18.2 Å². The third-order valence-corrected chi connectivity index (χ3v) is 4.89. The van der Waals surface area contributed by atoms with Gasteiger partial charge in [-0.15, -0.1) is 5.10 Å². The normalized spacial score (nSPS) is 11.7. The Kier molecular flexibility index (Phi) is 5.66. The minimum atomic E-state index is -0.423. The molecule has 29 heavy (non-hydrogen) atoms. The summed E-state index contributed by atoms with van der Waals surface area (Å²) in [5, 5.41) is 11.0. The van der Waals surface area contributed by atoms with Gasteiger partial charge in [-0.05, 0) is 24.6 Å². The van der Waals surface area contributed by atoms with Crippen LogP contribution < -0.4 is 5.32 Å². The fourth-order valence-corrected chi connectivity index (χ4v) is 3.34. The number of aryl methyl sites for hydroxylation is 1. The summed E-state index contributed by atoms with van der Waals surface area (Å²) < 4.78 is 6.12. The molecule has 0 atom stereocenters. The van der Waals surface area contributed by atoms with Crippen LogP contribution in [-0.2, 0) is 19.7 Å². The lowest BCUT2D eigenvalue weighted by Crippen LogP contribution is -2.14. The van der Waals surface area contributed by atoms with E-state index in [4.69, 9.17) is 11.6 Å². The van der Waals surface area contributed by atoms with Crippen molar-refractivity contribution in [3.8, 4) is 11.4 Å². The first-order valence-electron chi connectivity index (χ1n) is 9.22. The zero-order valence-corrected chi connectivity index (χ0v) is 17.8. The Bertz CT molecular complexity index is 1080. The maximum absolute atomic E-state index is 12.1. The van der Waals surface area contributed by atoms with Crippen LogP contribution in [0.2, 0.25) is 5.02 Å². The van der Waals surface area contributed by atoms with Crippen LogP contribution in [0.5, 0.6) is 0 Å². The maximum Gasteiger partial charge on any atom is 0.306 e. The SMILES string of the molecule is COC(=O)CCC(=O)Nc1ccc(C)c(-c2nc3c(Cl)c(C(C)(C)C)[nH]n3n2)c1. The lowest BCUT2D eigenvalue weighted by molar-refractivity contribution is -0.141. The zero-order valence-electron chi connectivity index (χ0n) is 17.1. The monoisotopic (exact) mass is 417 g/mol. The van der Waals surface area contributed by atoms with E-state index in [1.807, 2.05) is 13.0 Å². The molecule has 0 aliphatic heterocycles. The number of anilines is 1. The number of fused-ring (bicyclic) bond motifs is 1. The average Bonchev–Trinajstić information content (AvgIpc) is 3.20. The fraction of sp³-hybridized carbons (Fsp3) is 0.400. The van der Waals surface area contributed by atoms with Crippen LogP contribution in [-0.4, -0.2) is 38.8 Å². The van der Waals surface area contributed by atoms with Crippen molar-refractivity contribution in [2.45, 2.75) is 46.0 Å². The summed E-state index contributed by atoms with van der Waals surface area (Å²) in [5.74, 6) is -0.191. The molecule has 0 aliphatic rings. The van der Waals surface area contributed by atoms with Gasteiger partial charge in [-0.25, -0.2) is 4.98 Å². The number of aromatic amines is 1. The Labute approximate surface area is 173 Å². The number of benzene rings is 1. The van der Waals surface area contributed by atoms with E-state index in [2.05, 4.69) is 46.0 Å². The molecule has 0 spiro atoms. The molecule has 2 N–H and O–H groups in total. The number of amides is 1. The number of esters is 1. The molecule has 0 radical (unpaired) electrons. The van der Waals surface area contributed by atoms with Crippen LogP contribution >= 0.6 is 11.6 Å². The highest BCUT2D eigenvalue weighted by Gasteiger charge is 2.24. The Balaban J connectivity index is 1.86. The van der Waals surface area contributed by atoms with Gasteiger partial charge in [0.05, 0.1) is 19.2 Å². The first-order valence-corrected chi connectivity index (χ1v) is 9.60. The van der Waals surface area contributed by atoms with Gasteiger partial charge in [-0.1, -0.05) is 38.4 Å². The van der Waals surface area contributed by atoms with Gasteiger partial charge in [-0.2, -0.15) is 4.63 Å². The summed E-state index contributed by atoms with van der Waals surface area (Å²) in [6.07, 6.45) is 0.0792. The second-order valence-corrected chi connectivity index (χ2v) is 8.25. The Hall–Kier alpha value is -2.87. The molecule has 8 nitrogen and oxygen atoms in total. The number of aromatic nitrogens is 4. The molecule has 0 bridgehead atoms. The molecular weight excluding hydrogens is 394 g/mol. The standard InChI is InChI=1S/C20H24ClN5O3/c1-11-6-7-12(22-14(27)8-9-15(28)29-5)10-13(11)18-23-19-16(21)17(20(2,3)4)24-26(19)25-18/h6-7,10,24H,8-9H2,1-5H3,(H,22,27). The van der Waals surface area contributed by atoms with E-state index in [0.717, 1.165) is 16.8 Å². The minimum Gasteiger partial charge on any atom is -0.469 e. The van der Waals surface area contributed by atoms with Crippen LogP contribution in [0.1, 0.15) is 44.9 Å². The molecule has 3 rings (SSSR count). The summed E-state index contributed by atoms with van der Waals surface area (Å²) in [4.78, 5) is 27.8. The van der Waals surface area contributed by atoms with Crippen molar-refractivity contribution in [1.82, 2.24) is 19.8 Å². The van der Waals surface area contributed by atoms with Gasteiger partial charge in [0.2, 0.25) is 5.91 Å². The number of halogens is 1. The van der Waals surface area contributed by atoms with Crippen LogP contribution in [0.3, 0.4) is 0 Å². The van der Waals surface area contributed by atoms with Gasteiger partial charge < -0.3 is 10.1 Å². The van der Waals surface area contributed by atoms with Gasteiger partial charge in [0.1, 0.15) is 5.02 Å². The number of carbonyl (C=O) groups is 2. The van der Waals surface area contributed by atoms with Crippen molar-refractivity contribution in [1.29, 1.82) is 0 Å². The number of methoxy groups -OCH3 is 1. The minimum absolute atomic E-state index is 0.0307. The lowest BCUT2D eigenvalue weighted by atomic mass is 9.92. The third kappa shape index (κ3) is 4.42. The number of nitrogens with one attached hydrogen (secondary N) is 2. The quantitative estimate of drug-likeness (QED) is 0.613. The molecule has 0 saturated carbocycles.